The van der Waals surface area contributed by atoms with Gasteiger partial charge in [-0.05, 0) is 18.6 Å². The SMILES string of the molecule is CCCc1cc(Cl)c2cccc(OC(F)F)c2n1. The molecule has 0 N–H and O–H groups in total. The first-order valence-electron chi connectivity index (χ1n) is 5.64. The first kappa shape index (κ1) is 13.0. The largest absolute Gasteiger partial charge is 0.432 e. The van der Waals surface area contributed by atoms with Gasteiger partial charge in [0.1, 0.15) is 5.52 Å². The lowest BCUT2D eigenvalue weighted by molar-refractivity contribution is -0.0489. The van der Waals surface area contributed by atoms with Crippen molar-refractivity contribution in [3.63, 3.8) is 0 Å². The van der Waals surface area contributed by atoms with Crippen LogP contribution in [-0.2, 0) is 6.42 Å². The number of rotatable bonds is 4. The number of pyridine rings is 1. The fourth-order valence-electron chi connectivity index (χ4n) is 1.81. The molecule has 96 valence electrons. The van der Waals surface area contributed by atoms with Gasteiger partial charge in [-0.1, -0.05) is 37.1 Å². The third-order valence-electron chi connectivity index (χ3n) is 2.53. The molecule has 0 spiro atoms. The van der Waals surface area contributed by atoms with Crippen molar-refractivity contribution in [1.29, 1.82) is 0 Å². The molecule has 2 rings (SSSR count). The van der Waals surface area contributed by atoms with Crippen molar-refractivity contribution in [2.24, 2.45) is 0 Å². The Morgan fingerprint density at radius 3 is 2.83 bits per heavy atom. The maximum atomic E-state index is 12.3. The van der Waals surface area contributed by atoms with E-state index in [2.05, 4.69) is 9.72 Å². The van der Waals surface area contributed by atoms with Gasteiger partial charge in [0.15, 0.2) is 5.75 Å². The Morgan fingerprint density at radius 1 is 1.39 bits per heavy atom. The number of benzene rings is 1. The van der Waals surface area contributed by atoms with Crippen LogP contribution in [0.4, 0.5) is 8.78 Å². The van der Waals surface area contributed by atoms with Gasteiger partial charge < -0.3 is 4.74 Å². The van der Waals surface area contributed by atoms with Crippen molar-refractivity contribution in [1.82, 2.24) is 4.98 Å². The number of halogens is 3. The molecule has 0 aliphatic heterocycles. The molecule has 5 heteroatoms. The minimum absolute atomic E-state index is 0.0577. The van der Waals surface area contributed by atoms with Gasteiger partial charge in [-0.15, -0.1) is 0 Å². The second-order valence-electron chi connectivity index (χ2n) is 3.88. The van der Waals surface area contributed by atoms with Crippen LogP contribution < -0.4 is 4.74 Å². The van der Waals surface area contributed by atoms with E-state index >= 15 is 0 Å². The van der Waals surface area contributed by atoms with Crippen LogP contribution in [0.25, 0.3) is 10.9 Å². The second kappa shape index (κ2) is 5.48. The van der Waals surface area contributed by atoms with Gasteiger partial charge >= 0.3 is 6.61 Å². The minimum Gasteiger partial charge on any atom is -0.432 e. The van der Waals surface area contributed by atoms with Crippen molar-refractivity contribution in [2.75, 3.05) is 0 Å². The van der Waals surface area contributed by atoms with Crippen LogP contribution in [-0.4, -0.2) is 11.6 Å². The van der Waals surface area contributed by atoms with Gasteiger partial charge in [0.05, 0.1) is 5.02 Å². The minimum atomic E-state index is -2.87. The summed E-state index contributed by atoms with van der Waals surface area (Å²) in [5.41, 5.74) is 1.16. The molecule has 2 aromatic rings. The summed E-state index contributed by atoms with van der Waals surface area (Å²) < 4.78 is 29.1. The van der Waals surface area contributed by atoms with E-state index in [-0.39, 0.29) is 5.75 Å². The summed E-state index contributed by atoms with van der Waals surface area (Å²) in [6.45, 7) is -0.854. The first-order chi connectivity index (χ1) is 8.61. The van der Waals surface area contributed by atoms with Crippen LogP contribution >= 0.6 is 11.6 Å². The summed E-state index contributed by atoms with van der Waals surface area (Å²) in [5, 5.41) is 1.12. The fraction of sp³-hybridized carbons (Fsp3) is 0.308. The lowest BCUT2D eigenvalue weighted by Gasteiger charge is -2.10. The standard InChI is InChI=1S/C13H12ClF2NO/c1-2-4-8-7-10(14)9-5-3-6-11(12(9)17-8)18-13(15)16/h3,5-7,13H,2,4H2,1H3. The molecule has 1 heterocycles. The topological polar surface area (TPSA) is 22.1 Å². The van der Waals surface area contributed by atoms with E-state index in [0.717, 1.165) is 18.5 Å². The number of alkyl halides is 2. The van der Waals surface area contributed by atoms with Crippen LogP contribution in [0.2, 0.25) is 5.02 Å². The zero-order valence-electron chi connectivity index (χ0n) is 9.79. The van der Waals surface area contributed by atoms with Crippen molar-refractivity contribution < 1.29 is 13.5 Å². The molecule has 2 nitrogen and oxygen atoms in total. The van der Waals surface area contributed by atoms with E-state index < -0.39 is 6.61 Å². The number of aryl methyl sites for hydroxylation is 1. The van der Waals surface area contributed by atoms with Gasteiger partial charge in [-0.25, -0.2) is 4.98 Å². The maximum Gasteiger partial charge on any atom is 0.387 e. The Bertz CT molecular complexity index is 560. The highest BCUT2D eigenvalue weighted by atomic mass is 35.5. The molecular formula is C13H12ClF2NO. The number of hydrogen-bond acceptors (Lipinski definition) is 2. The maximum absolute atomic E-state index is 12.3. The smallest absolute Gasteiger partial charge is 0.387 e. The molecule has 0 bridgehead atoms. The van der Waals surface area contributed by atoms with Crippen molar-refractivity contribution in [2.45, 2.75) is 26.4 Å². The van der Waals surface area contributed by atoms with E-state index in [1.807, 2.05) is 6.92 Å². The van der Waals surface area contributed by atoms with Crippen LogP contribution in [0.3, 0.4) is 0 Å². The van der Waals surface area contributed by atoms with Gasteiger partial charge in [-0.3, -0.25) is 0 Å². The molecule has 0 fully saturated rings. The molecule has 0 aliphatic rings. The van der Waals surface area contributed by atoms with Crippen LogP contribution in [0, 0.1) is 0 Å². The van der Waals surface area contributed by atoms with Gasteiger partial charge in [0.25, 0.3) is 0 Å². The lowest BCUT2D eigenvalue weighted by atomic mass is 10.1. The van der Waals surface area contributed by atoms with Crippen LogP contribution in [0.5, 0.6) is 5.75 Å². The third-order valence-corrected chi connectivity index (χ3v) is 2.84. The van der Waals surface area contributed by atoms with E-state index in [4.69, 9.17) is 11.6 Å². The summed E-state index contributed by atoms with van der Waals surface area (Å²) in [7, 11) is 0. The Kier molecular flexibility index (Phi) is 3.97. The summed E-state index contributed by atoms with van der Waals surface area (Å²) in [6.07, 6.45) is 1.66. The molecule has 0 saturated carbocycles. The normalized spacial score (nSPS) is 11.2. The van der Waals surface area contributed by atoms with Crippen molar-refractivity contribution in [3.8, 4) is 5.75 Å². The highest BCUT2D eigenvalue weighted by Gasteiger charge is 2.12. The predicted molar refractivity (Wildman–Crippen MR) is 67.4 cm³/mol. The monoisotopic (exact) mass is 271 g/mol. The lowest BCUT2D eigenvalue weighted by Crippen LogP contribution is -2.03. The first-order valence-corrected chi connectivity index (χ1v) is 6.02. The molecule has 1 aromatic heterocycles. The fourth-order valence-corrected chi connectivity index (χ4v) is 2.08. The van der Waals surface area contributed by atoms with Crippen molar-refractivity contribution in [3.05, 3.63) is 35.0 Å². The van der Waals surface area contributed by atoms with E-state index in [1.54, 1.807) is 18.2 Å². The number of nitrogens with zero attached hydrogens (tertiary/aromatic N) is 1. The predicted octanol–water partition coefficient (Wildman–Crippen LogP) is 4.44. The Balaban J connectivity index is 2.58. The van der Waals surface area contributed by atoms with Gasteiger partial charge in [-0.2, -0.15) is 8.78 Å². The molecule has 0 unspecified atom stereocenters. The second-order valence-corrected chi connectivity index (χ2v) is 4.28. The van der Waals surface area contributed by atoms with Crippen molar-refractivity contribution >= 4 is 22.5 Å². The average molecular weight is 272 g/mol. The molecule has 18 heavy (non-hydrogen) atoms. The Morgan fingerprint density at radius 2 is 2.17 bits per heavy atom. The van der Waals surface area contributed by atoms with Gasteiger partial charge in [0.2, 0.25) is 0 Å². The van der Waals surface area contributed by atoms with E-state index in [1.165, 1.54) is 6.07 Å². The number of hydrogen-bond donors (Lipinski definition) is 0. The highest BCUT2D eigenvalue weighted by molar-refractivity contribution is 6.35. The highest BCUT2D eigenvalue weighted by Crippen LogP contribution is 2.30. The van der Waals surface area contributed by atoms with E-state index in [0.29, 0.717) is 15.9 Å². The average Bonchev–Trinajstić information content (AvgIpc) is 2.30. The molecule has 0 atom stereocenters. The molecule has 0 saturated heterocycles. The zero-order valence-corrected chi connectivity index (χ0v) is 10.5. The summed E-state index contributed by atoms with van der Waals surface area (Å²) in [5.74, 6) is 0.0577. The van der Waals surface area contributed by atoms with Gasteiger partial charge in [0, 0.05) is 11.1 Å². The summed E-state index contributed by atoms with van der Waals surface area (Å²) >= 11 is 6.12. The Labute approximate surface area is 109 Å². The van der Waals surface area contributed by atoms with E-state index in [9.17, 15) is 8.78 Å². The molecule has 0 radical (unpaired) electrons. The zero-order chi connectivity index (χ0) is 13.1. The molecular weight excluding hydrogens is 260 g/mol. The number of fused-ring (bicyclic) bond motifs is 1. The molecule has 0 aliphatic carbocycles. The number of ether oxygens (including phenoxy) is 1. The Hall–Kier alpha value is -1.42. The quantitative estimate of drug-likeness (QED) is 0.820. The van der Waals surface area contributed by atoms with Crippen LogP contribution in [0.1, 0.15) is 19.0 Å². The molecule has 0 amide bonds. The van der Waals surface area contributed by atoms with Crippen LogP contribution in [0.15, 0.2) is 24.3 Å². The third kappa shape index (κ3) is 2.70. The number of aromatic nitrogens is 1. The summed E-state index contributed by atoms with van der Waals surface area (Å²) in [4.78, 5) is 4.34. The number of para-hydroxylation sites is 1. The summed E-state index contributed by atoms with van der Waals surface area (Å²) in [6, 6.07) is 6.58. The molecule has 1 aromatic carbocycles.